The first-order valence-corrected chi connectivity index (χ1v) is 14.5. The zero-order valence-corrected chi connectivity index (χ0v) is 26.2. The van der Waals surface area contributed by atoms with Gasteiger partial charge in [-0.2, -0.15) is 0 Å². The number of hydrogen-bond acceptors (Lipinski definition) is 10. The normalized spacial score (nSPS) is 14.9. The molecule has 41 heavy (non-hydrogen) atoms. The van der Waals surface area contributed by atoms with Crippen molar-refractivity contribution in [3.8, 4) is 17.2 Å². The molecule has 0 spiro atoms. The molecular formula is C28H28IN3O8S. The van der Waals surface area contributed by atoms with E-state index in [0.29, 0.717) is 36.7 Å². The molecule has 1 aliphatic heterocycles. The van der Waals surface area contributed by atoms with Crippen molar-refractivity contribution in [2.75, 3.05) is 20.8 Å². The van der Waals surface area contributed by atoms with Crippen LogP contribution in [0.2, 0.25) is 0 Å². The fraction of sp³-hybridized carbons (Fsp3) is 0.321. The maximum absolute atomic E-state index is 13.9. The van der Waals surface area contributed by atoms with Gasteiger partial charge < -0.3 is 18.9 Å². The van der Waals surface area contributed by atoms with Crippen molar-refractivity contribution in [3.05, 3.63) is 86.1 Å². The van der Waals surface area contributed by atoms with Gasteiger partial charge in [0.25, 0.3) is 5.56 Å². The number of benzene rings is 2. The summed E-state index contributed by atoms with van der Waals surface area (Å²) in [5.41, 5.74) is 1.05. The molecule has 0 bridgehead atoms. The summed E-state index contributed by atoms with van der Waals surface area (Å²) >= 11 is 3.07. The molecule has 3 aromatic rings. The molecule has 216 valence electrons. The van der Waals surface area contributed by atoms with Crippen molar-refractivity contribution in [1.29, 1.82) is 0 Å². The van der Waals surface area contributed by atoms with Gasteiger partial charge in [0.15, 0.2) is 16.3 Å². The Morgan fingerprint density at radius 2 is 1.95 bits per heavy atom. The van der Waals surface area contributed by atoms with Gasteiger partial charge in [-0.25, -0.2) is 9.79 Å². The summed E-state index contributed by atoms with van der Waals surface area (Å²) in [5.74, 6) is 0.515. The SMILES string of the molecule is CCOC(=O)C1=C(C)N=c2s/c(=C\c3cc(I)c(OC)c([N+](=O)[O-])c3)c(=O)n2[C@H]1c1ccc(OC(C)C)c(OC)c1. The van der Waals surface area contributed by atoms with Crippen LogP contribution in [0, 0.1) is 13.7 Å². The highest BCUT2D eigenvalue weighted by molar-refractivity contribution is 14.1. The minimum atomic E-state index is -0.861. The van der Waals surface area contributed by atoms with Crippen LogP contribution in [0.1, 0.15) is 44.9 Å². The van der Waals surface area contributed by atoms with Crippen molar-refractivity contribution >= 4 is 51.7 Å². The number of nitro groups is 1. The Balaban J connectivity index is 1.96. The lowest BCUT2D eigenvalue weighted by Crippen LogP contribution is -2.40. The van der Waals surface area contributed by atoms with E-state index in [0.717, 1.165) is 11.3 Å². The second-order valence-electron chi connectivity index (χ2n) is 9.19. The molecule has 0 saturated carbocycles. The van der Waals surface area contributed by atoms with Crippen molar-refractivity contribution in [1.82, 2.24) is 4.57 Å². The zero-order chi connectivity index (χ0) is 30.0. The molecule has 0 radical (unpaired) electrons. The molecule has 0 saturated heterocycles. The van der Waals surface area contributed by atoms with Crippen LogP contribution in [-0.2, 0) is 9.53 Å². The quantitative estimate of drug-likeness (QED) is 0.142. The minimum absolute atomic E-state index is 0.0958. The van der Waals surface area contributed by atoms with Gasteiger partial charge in [0.1, 0.15) is 0 Å². The highest BCUT2D eigenvalue weighted by Gasteiger charge is 2.34. The summed E-state index contributed by atoms with van der Waals surface area (Å²) in [6, 6.07) is 7.42. The Kier molecular flexibility index (Phi) is 9.17. The maximum Gasteiger partial charge on any atom is 0.338 e. The van der Waals surface area contributed by atoms with E-state index >= 15 is 0 Å². The van der Waals surface area contributed by atoms with Gasteiger partial charge in [0, 0.05) is 6.07 Å². The first kappa shape index (κ1) is 30.2. The Bertz CT molecular complexity index is 1740. The number of nitro benzene ring substituents is 1. The standard InChI is InChI=1S/C28H28IN3O8S/c1-7-39-27(34)23-15(4)30-28-31(24(23)17-8-9-20(40-14(2)3)21(13-17)37-5)26(33)22(41-28)12-16-10-18(29)25(38-6)19(11-16)32(35)36/h8-14,24H,7H2,1-6H3/b22-12-/t24-/m0/s1. The van der Waals surface area contributed by atoms with Gasteiger partial charge in [0.2, 0.25) is 5.75 Å². The molecule has 0 amide bonds. The fourth-order valence-electron chi connectivity index (χ4n) is 4.48. The van der Waals surface area contributed by atoms with E-state index in [1.54, 1.807) is 44.2 Å². The van der Waals surface area contributed by atoms with Gasteiger partial charge in [-0.05, 0) is 85.7 Å². The average molecular weight is 694 g/mol. The lowest BCUT2D eigenvalue weighted by Gasteiger charge is -2.25. The van der Waals surface area contributed by atoms with Gasteiger partial charge in [-0.1, -0.05) is 17.4 Å². The van der Waals surface area contributed by atoms with Crippen LogP contribution < -0.4 is 29.1 Å². The highest BCUT2D eigenvalue weighted by Crippen LogP contribution is 2.37. The number of carbonyl (C=O) groups is 1. The van der Waals surface area contributed by atoms with Gasteiger partial charge in [0.05, 0.1) is 57.3 Å². The van der Waals surface area contributed by atoms with Gasteiger partial charge >= 0.3 is 11.7 Å². The largest absolute Gasteiger partial charge is 0.493 e. The molecule has 1 aromatic heterocycles. The molecule has 2 heterocycles. The van der Waals surface area contributed by atoms with E-state index in [9.17, 15) is 19.7 Å². The lowest BCUT2D eigenvalue weighted by atomic mass is 9.95. The first-order chi connectivity index (χ1) is 19.5. The first-order valence-electron chi connectivity index (χ1n) is 12.6. The predicted octanol–water partition coefficient (Wildman–Crippen LogP) is 4.12. The Morgan fingerprint density at radius 3 is 2.56 bits per heavy atom. The fourth-order valence-corrected chi connectivity index (χ4v) is 6.39. The molecule has 0 unspecified atom stereocenters. The number of aromatic nitrogens is 1. The molecule has 2 aromatic carbocycles. The van der Waals surface area contributed by atoms with Crippen molar-refractivity contribution in [2.24, 2.45) is 4.99 Å². The van der Waals surface area contributed by atoms with E-state index in [1.165, 1.54) is 24.9 Å². The van der Waals surface area contributed by atoms with Gasteiger partial charge in [-0.3, -0.25) is 19.5 Å². The smallest absolute Gasteiger partial charge is 0.338 e. The molecule has 0 aliphatic carbocycles. The molecule has 0 fully saturated rings. The molecular weight excluding hydrogens is 665 g/mol. The van der Waals surface area contributed by atoms with E-state index in [2.05, 4.69) is 4.99 Å². The highest BCUT2D eigenvalue weighted by atomic mass is 127. The van der Waals surface area contributed by atoms with Crippen LogP contribution >= 0.6 is 33.9 Å². The monoisotopic (exact) mass is 693 g/mol. The number of methoxy groups -OCH3 is 2. The molecule has 11 nitrogen and oxygen atoms in total. The number of ether oxygens (including phenoxy) is 4. The van der Waals surface area contributed by atoms with Crippen molar-refractivity contribution < 1.29 is 28.7 Å². The van der Waals surface area contributed by atoms with Crippen LogP contribution in [-0.4, -0.2) is 42.4 Å². The molecule has 4 rings (SSSR count). The molecule has 0 N–H and O–H groups in total. The van der Waals surface area contributed by atoms with Crippen LogP contribution in [0.15, 0.2) is 51.4 Å². The van der Waals surface area contributed by atoms with E-state index in [-0.39, 0.29) is 34.3 Å². The lowest BCUT2D eigenvalue weighted by molar-refractivity contribution is -0.385. The third kappa shape index (κ3) is 6.00. The van der Waals surface area contributed by atoms with Crippen LogP contribution in [0.5, 0.6) is 17.2 Å². The molecule has 1 atom stereocenters. The summed E-state index contributed by atoms with van der Waals surface area (Å²) in [6.07, 6.45) is 1.47. The summed E-state index contributed by atoms with van der Waals surface area (Å²) in [7, 11) is 2.88. The maximum atomic E-state index is 13.9. The van der Waals surface area contributed by atoms with E-state index in [4.69, 9.17) is 18.9 Å². The number of fused-ring (bicyclic) bond motifs is 1. The number of thiazole rings is 1. The summed E-state index contributed by atoms with van der Waals surface area (Å²) in [4.78, 5) is 43.2. The van der Waals surface area contributed by atoms with Crippen LogP contribution in [0.3, 0.4) is 0 Å². The molecule has 1 aliphatic rings. The summed E-state index contributed by atoms with van der Waals surface area (Å²) in [5, 5.41) is 11.6. The Hall–Kier alpha value is -3.72. The number of allylic oxidation sites excluding steroid dienone is 1. The Labute approximate surface area is 253 Å². The number of esters is 1. The van der Waals surface area contributed by atoms with Crippen LogP contribution in [0.25, 0.3) is 6.08 Å². The Morgan fingerprint density at radius 1 is 1.22 bits per heavy atom. The predicted molar refractivity (Wildman–Crippen MR) is 162 cm³/mol. The average Bonchev–Trinajstić information content (AvgIpc) is 3.21. The number of nitrogens with zero attached hydrogens (tertiary/aromatic N) is 3. The van der Waals surface area contributed by atoms with Crippen molar-refractivity contribution in [3.63, 3.8) is 0 Å². The third-order valence-corrected chi connectivity index (χ3v) is 7.91. The van der Waals surface area contributed by atoms with E-state index < -0.39 is 22.5 Å². The third-order valence-electron chi connectivity index (χ3n) is 6.13. The topological polar surface area (TPSA) is 131 Å². The van der Waals surface area contributed by atoms with E-state index in [1.807, 2.05) is 36.4 Å². The summed E-state index contributed by atoms with van der Waals surface area (Å²) < 4.78 is 24.2. The van der Waals surface area contributed by atoms with Crippen LogP contribution in [0.4, 0.5) is 5.69 Å². The van der Waals surface area contributed by atoms with Crippen molar-refractivity contribution in [2.45, 2.75) is 39.8 Å². The number of carbonyl (C=O) groups excluding carboxylic acids is 1. The minimum Gasteiger partial charge on any atom is -0.493 e. The number of rotatable bonds is 9. The number of halogens is 1. The van der Waals surface area contributed by atoms with Gasteiger partial charge in [-0.15, -0.1) is 0 Å². The summed E-state index contributed by atoms with van der Waals surface area (Å²) in [6.45, 7) is 7.34. The molecule has 13 heteroatoms. The number of hydrogen-bond donors (Lipinski definition) is 0. The second kappa shape index (κ2) is 12.4. The second-order valence-corrected chi connectivity index (χ2v) is 11.4. The zero-order valence-electron chi connectivity index (χ0n) is 23.2.